The molecular weight excluding hydrogens is 378 g/mol. The molecule has 0 spiro atoms. The van der Waals surface area contributed by atoms with Crippen LogP contribution >= 0.6 is 15.9 Å². The third kappa shape index (κ3) is 2.16. The summed E-state index contributed by atoms with van der Waals surface area (Å²) in [5.41, 5.74) is 10.1. The van der Waals surface area contributed by atoms with Crippen molar-refractivity contribution >= 4 is 38.4 Å². The van der Waals surface area contributed by atoms with Crippen LogP contribution < -0.4 is 5.73 Å². The van der Waals surface area contributed by atoms with Gasteiger partial charge in [0.25, 0.3) is 0 Å². The number of benzene rings is 2. The van der Waals surface area contributed by atoms with Gasteiger partial charge in [0, 0.05) is 10.0 Å². The van der Waals surface area contributed by atoms with Crippen LogP contribution in [0.25, 0.3) is 27.8 Å². The van der Waals surface area contributed by atoms with Crippen molar-refractivity contribution in [1.82, 2.24) is 9.38 Å². The lowest BCUT2D eigenvalue weighted by molar-refractivity contribution is 1.21. The number of nitrogens with two attached hydrogens (primary N) is 1. The van der Waals surface area contributed by atoms with Gasteiger partial charge in [-0.1, -0.05) is 40.2 Å². The quantitative estimate of drug-likeness (QED) is 0.528. The Morgan fingerprint density at radius 3 is 2.48 bits per heavy atom. The zero-order valence-corrected chi connectivity index (χ0v) is 14.4. The summed E-state index contributed by atoms with van der Waals surface area (Å²) in [5, 5.41) is 19.6. The molecule has 0 radical (unpaired) electrons. The van der Waals surface area contributed by atoms with Crippen molar-refractivity contribution in [2.24, 2.45) is 0 Å². The zero-order valence-electron chi connectivity index (χ0n) is 12.9. The molecule has 5 nitrogen and oxygen atoms in total. The maximum atomic E-state index is 9.82. The van der Waals surface area contributed by atoms with Crippen molar-refractivity contribution < 1.29 is 0 Å². The number of nitrogen functional groups attached to an aromatic ring is 1. The van der Waals surface area contributed by atoms with Gasteiger partial charge >= 0.3 is 0 Å². The van der Waals surface area contributed by atoms with E-state index in [-0.39, 0.29) is 11.4 Å². The predicted octanol–water partition coefficient (Wildman–Crippen LogP) is 4.24. The van der Waals surface area contributed by atoms with Crippen LogP contribution in [0.3, 0.4) is 0 Å². The number of imidazole rings is 1. The fourth-order valence-electron chi connectivity index (χ4n) is 3.07. The van der Waals surface area contributed by atoms with E-state index in [9.17, 15) is 10.5 Å². The molecule has 0 atom stereocenters. The van der Waals surface area contributed by atoms with Crippen LogP contribution in [0.5, 0.6) is 0 Å². The van der Waals surface area contributed by atoms with Crippen molar-refractivity contribution in [2.75, 3.05) is 5.73 Å². The van der Waals surface area contributed by atoms with Crippen molar-refractivity contribution in [2.45, 2.75) is 0 Å². The van der Waals surface area contributed by atoms with Crippen LogP contribution in [-0.2, 0) is 0 Å². The van der Waals surface area contributed by atoms with Gasteiger partial charge in [0.05, 0.1) is 11.0 Å². The molecule has 0 saturated heterocycles. The van der Waals surface area contributed by atoms with Crippen molar-refractivity contribution in [1.29, 1.82) is 10.5 Å². The molecule has 0 aliphatic rings. The summed E-state index contributed by atoms with van der Waals surface area (Å²) in [6, 6.07) is 19.3. The second kappa shape index (κ2) is 5.62. The summed E-state index contributed by atoms with van der Waals surface area (Å²) < 4.78 is 2.53. The Hall–Kier alpha value is -3.35. The monoisotopic (exact) mass is 387 g/mol. The van der Waals surface area contributed by atoms with Crippen molar-refractivity contribution in [3.05, 3.63) is 64.1 Å². The normalized spacial score (nSPS) is 10.7. The number of halogens is 1. The molecule has 0 fully saturated rings. The highest BCUT2D eigenvalue weighted by molar-refractivity contribution is 9.10. The Kier molecular flexibility index (Phi) is 3.42. The van der Waals surface area contributed by atoms with Gasteiger partial charge in [-0.15, -0.1) is 0 Å². The predicted molar refractivity (Wildman–Crippen MR) is 99.7 cm³/mol. The second-order valence-corrected chi connectivity index (χ2v) is 6.42. The molecule has 2 aromatic heterocycles. The topological polar surface area (TPSA) is 90.9 Å². The summed E-state index contributed by atoms with van der Waals surface area (Å²) in [5.74, 6) is 0.278. The van der Waals surface area contributed by atoms with E-state index < -0.39 is 0 Å². The first kappa shape index (κ1) is 15.2. The largest absolute Gasteiger partial charge is 0.384 e. The number of rotatable bonds is 1. The Labute approximate surface area is 151 Å². The molecule has 25 heavy (non-hydrogen) atoms. The van der Waals surface area contributed by atoms with Crippen molar-refractivity contribution in [3.63, 3.8) is 0 Å². The molecule has 2 heterocycles. The Bertz CT molecular complexity index is 1240. The number of fused-ring (bicyclic) bond motifs is 3. The van der Waals surface area contributed by atoms with Gasteiger partial charge in [-0.3, -0.25) is 4.40 Å². The molecule has 2 aromatic carbocycles. The van der Waals surface area contributed by atoms with Crippen LogP contribution in [0, 0.1) is 22.7 Å². The average Bonchev–Trinajstić information content (AvgIpc) is 3.01. The van der Waals surface area contributed by atoms with Crippen molar-refractivity contribution in [3.8, 4) is 23.3 Å². The Morgan fingerprint density at radius 2 is 1.76 bits per heavy atom. The fourth-order valence-corrected chi connectivity index (χ4v) is 3.47. The third-order valence-corrected chi connectivity index (χ3v) is 4.61. The molecular formula is C19H10BrN5. The van der Waals surface area contributed by atoms with E-state index in [2.05, 4.69) is 33.1 Å². The SMILES string of the molecule is N#Cc1c(-c2cccc(Br)c2)c(C#N)c2nc3ccccc3n2c1N. The molecule has 0 unspecified atom stereocenters. The molecule has 4 rings (SSSR count). The maximum absolute atomic E-state index is 9.82. The minimum atomic E-state index is 0.269. The minimum Gasteiger partial charge on any atom is -0.384 e. The Morgan fingerprint density at radius 1 is 1.00 bits per heavy atom. The van der Waals surface area contributed by atoms with Gasteiger partial charge in [0.1, 0.15) is 29.1 Å². The highest BCUT2D eigenvalue weighted by Crippen LogP contribution is 2.36. The summed E-state index contributed by atoms with van der Waals surface area (Å²) in [7, 11) is 0. The first-order chi connectivity index (χ1) is 12.2. The number of pyridine rings is 1. The number of nitriles is 2. The second-order valence-electron chi connectivity index (χ2n) is 5.50. The smallest absolute Gasteiger partial charge is 0.158 e. The zero-order chi connectivity index (χ0) is 17.6. The molecule has 6 heteroatoms. The highest BCUT2D eigenvalue weighted by atomic mass is 79.9. The van der Waals surface area contributed by atoms with Crippen LogP contribution in [-0.4, -0.2) is 9.38 Å². The molecule has 0 aliphatic carbocycles. The summed E-state index contributed by atoms with van der Waals surface area (Å²) >= 11 is 3.43. The minimum absolute atomic E-state index is 0.269. The van der Waals surface area contributed by atoms with Crippen LogP contribution in [0.4, 0.5) is 5.82 Å². The van der Waals surface area contributed by atoms with E-state index in [0.717, 1.165) is 21.1 Å². The van der Waals surface area contributed by atoms with E-state index in [1.54, 1.807) is 4.40 Å². The molecule has 0 bridgehead atoms. The summed E-state index contributed by atoms with van der Waals surface area (Å²) in [4.78, 5) is 4.57. The van der Waals surface area contributed by atoms with E-state index in [1.807, 2.05) is 48.5 Å². The molecule has 0 amide bonds. The van der Waals surface area contributed by atoms with Gasteiger partial charge in [-0.25, -0.2) is 4.98 Å². The number of hydrogen-bond acceptors (Lipinski definition) is 4. The van der Waals surface area contributed by atoms with Crippen LogP contribution in [0.15, 0.2) is 53.0 Å². The number of hydrogen-bond donors (Lipinski definition) is 1. The highest BCUT2D eigenvalue weighted by Gasteiger charge is 2.22. The van der Waals surface area contributed by atoms with Gasteiger partial charge in [0.15, 0.2) is 5.65 Å². The van der Waals surface area contributed by atoms with E-state index in [0.29, 0.717) is 16.8 Å². The van der Waals surface area contributed by atoms with Gasteiger partial charge in [-0.05, 0) is 29.8 Å². The lowest BCUT2D eigenvalue weighted by atomic mass is 9.96. The van der Waals surface area contributed by atoms with E-state index >= 15 is 0 Å². The van der Waals surface area contributed by atoms with Gasteiger partial charge in [-0.2, -0.15) is 10.5 Å². The number of nitrogens with zero attached hydrogens (tertiary/aromatic N) is 4. The summed E-state index contributed by atoms with van der Waals surface area (Å²) in [6.07, 6.45) is 0. The first-order valence-electron chi connectivity index (χ1n) is 7.44. The van der Waals surface area contributed by atoms with E-state index in [1.165, 1.54) is 0 Å². The molecule has 2 N–H and O–H groups in total. The van der Waals surface area contributed by atoms with E-state index in [4.69, 9.17) is 5.73 Å². The number of aromatic nitrogens is 2. The molecule has 0 aliphatic heterocycles. The van der Waals surface area contributed by atoms with Gasteiger partial charge < -0.3 is 5.73 Å². The lowest BCUT2D eigenvalue weighted by Crippen LogP contribution is -2.05. The lowest BCUT2D eigenvalue weighted by Gasteiger charge is -2.12. The van der Waals surface area contributed by atoms with Gasteiger partial charge in [0.2, 0.25) is 0 Å². The molecule has 0 saturated carbocycles. The van der Waals surface area contributed by atoms with Crippen LogP contribution in [0.1, 0.15) is 11.1 Å². The molecule has 118 valence electrons. The Balaban J connectivity index is 2.26. The first-order valence-corrected chi connectivity index (χ1v) is 8.23. The standard InChI is InChI=1S/C19H10BrN5/c20-12-5-3-4-11(8-12)17-13(9-21)18(23)25-16-7-2-1-6-15(16)24-19(25)14(17)10-22/h1-8H,23H2. The summed E-state index contributed by atoms with van der Waals surface area (Å²) in [6.45, 7) is 0. The molecule has 4 aromatic rings. The maximum Gasteiger partial charge on any atom is 0.158 e. The number of anilines is 1. The fraction of sp³-hybridized carbons (Fsp3) is 0. The average molecular weight is 388 g/mol. The number of para-hydroxylation sites is 2. The third-order valence-electron chi connectivity index (χ3n) is 4.12. The van der Waals surface area contributed by atoms with Crippen LogP contribution in [0.2, 0.25) is 0 Å².